The molecule has 1 aliphatic rings. The van der Waals surface area contributed by atoms with Gasteiger partial charge in [-0.2, -0.15) is 0 Å². The molecule has 4 heterocycles. The summed E-state index contributed by atoms with van der Waals surface area (Å²) in [4.78, 5) is 17.8. The number of aryl methyl sites for hydroxylation is 2. The molecule has 0 saturated carbocycles. The topological polar surface area (TPSA) is 51.1 Å². The number of morpholine rings is 1. The molecule has 1 aliphatic heterocycles. The number of fused-ring (bicyclic) bond motifs is 3. The van der Waals surface area contributed by atoms with Gasteiger partial charge in [-0.25, -0.2) is 15.0 Å². The van der Waals surface area contributed by atoms with Crippen LogP contribution in [0.3, 0.4) is 0 Å². The Kier molecular flexibility index (Phi) is 4.62. The molecular formula is C18H20N4OS2. The van der Waals surface area contributed by atoms with Crippen LogP contribution < -0.4 is 4.90 Å². The molecule has 3 aromatic rings. The molecule has 7 heteroatoms. The average Bonchev–Trinajstić information content (AvgIpc) is 2.98. The van der Waals surface area contributed by atoms with Crippen LogP contribution in [0.4, 0.5) is 5.82 Å². The largest absolute Gasteiger partial charge is 0.378 e. The fourth-order valence-electron chi connectivity index (χ4n) is 3.13. The molecule has 130 valence electrons. The Morgan fingerprint density at radius 1 is 1.28 bits per heavy atom. The Morgan fingerprint density at radius 2 is 2.08 bits per heavy atom. The number of ether oxygens (including phenoxy) is 1. The fourth-order valence-corrected chi connectivity index (χ4v) is 4.96. The lowest BCUT2D eigenvalue weighted by molar-refractivity contribution is 0.122. The summed E-state index contributed by atoms with van der Waals surface area (Å²) in [5.41, 5.74) is 3.28. The number of anilines is 1. The summed E-state index contributed by atoms with van der Waals surface area (Å²) in [5, 5.41) is 1.96. The predicted molar refractivity (Wildman–Crippen MR) is 106 cm³/mol. The first-order valence-electron chi connectivity index (χ1n) is 8.32. The molecule has 0 amide bonds. The van der Waals surface area contributed by atoms with Gasteiger partial charge < -0.3 is 9.64 Å². The van der Waals surface area contributed by atoms with E-state index in [1.54, 1.807) is 23.1 Å². The smallest absolute Gasteiger partial charge is 0.190 e. The molecule has 0 atom stereocenters. The predicted octanol–water partition coefficient (Wildman–Crippen LogP) is 3.97. The van der Waals surface area contributed by atoms with Crippen LogP contribution in [0.1, 0.15) is 11.3 Å². The van der Waals surface area contributed by atoms with Gasteiger partial charge in [0.15, 0.2) is 11.0 Å². The minimum absolute atomic E-state index is 0.738. The highest BCUT2D eigenvalue weighted by atomic mass is 32.2. The van der Waals surface area contributed by atoms with Crippen LogP contribution in [0.25, 0.3) is 20.4 Å². The Labute approximate surface area is 155 Å². The molecule has 0 bridgehead atoms. The molecule has 0 aliphatic carbocycles. The lowest BCUT2D eigenvalue weighted by Crippen LogP contribution is -2.36. The van der Waals surface area contributed by atoms with Crippen molar-refractivity contribution >= 4 is 49.3 Å². The normalized spacial score (nSPS) is 15.2. The average molecular weight is 373 g/mol. The van der Waals surface area contributed by atoms with Crippen LogP contribution in [0.5, 0.6) is 0 Å². The van der Waals surface area contributed by atoms with E-state index in [0.29, 0.717) is 0 Å². The first-order chi connectivity index (χ1) is 12.2. The zero-order valence-electron chi connectivity index (χ0n) is 14.4. The number of hydrogen-bond donors (Lipinski definition) is 0. The van der Waals surface area contributed by atoms with E-state index in [0.717, 1.165) is 69.2 Å². The summed E-state index contributed by atoms with van der Waals surface area (Å²) >= 11 is 3.32. The first kappa shape index (κ1) is 16.8. The van der Waals surface area contributed by atoms with Crippen LogP contribution in [-0.2, 0) is 4.74 Å². The molecule has 1 fully saturated rings. The Hall–Kier alpha value is -1.70. The van der Waals surface area contributed by atoms with Crippen molar-refractivity contribution in [1.82, 2.24) is 15.0 Å². The summed E-state index contributed by atoms with van der Waals surface area (Å²) < 4.78 is 6.64. The molecule has 4 rings (SSSR count). The van der Waals surface area contributed by atoms with Crippen molar-refractivity contribution in [2.24, 2.45) is 0 Å². The van der Waals surface area contributed by atoms with Gasteiger partial charge in [-0.15, -0.1) is 17.9 Å². The number of thiophene rings is 1. The summed E-state index contributed by atoms with van der Waals surface area (Å²) in [7, 11) is 0. The van der Waals surface area contributed by atoms with Gasteiger partial charge in [-0.05, 0) is 25.5 Å². The molecule has 0 N–H and O–H groups in total. The monoisotopic (exact) mass is 372 g/mol. The van der Waals surface area contributed by atoms with Crippen LogP contribution in [0.15, 0.2) is 23.9 Å². The molecule has 0 unspecified atom stereocenters. The van der Waals surface area contributed by atoms with Crippen molar-refractivity contribution in [3.05, 3.63) is 30.0 Å². The van der Waals surface area contributed by atoms with Gasteiger partial charge in [0, 0.05) is 29.9 Å². The van der Waals surface area contributed by atoms with Gasteiger partial charge in [-0.3, -0.25) is 0 Å². The van der Waals surface area contributed by atoms with Crippen molar-refractivity contribution in [2.75, 3.05) is 37.0 Å². The van der Waals surface area contributed by atoms with E-state index in [2.05, 4.69) is 24.5 Å². The maximum Gasteiger partial charge on any atom is 0.190 e. The SMILES string of the molecule is C=CCSc1nc(N2CCOCC2)c2sc3nc(C)cc(C)c3c2n1. The van der Waals surface area contributed by atoms with Gasteiger partial charge in [0.05, 0.1) is 23.4 Å². The van der Waals surface area contributed by atoms with Crippen molar-refractivity contribution in [3.63, 3.8) is 0 Å². The number of hydrogen-bond acceptors (Lipinski definition) is 7. The number of nitrogens with zero attached hydrogens (tertiary/aromatic N) is 4. The van der Waals surface area contributed by atoms with Crippen molar-refractivity contribution in [2.45, 2.75) is 19.0 Å². The lowest BCUT2D eigenvalue weighted by Gasteiger charge is -2.28. The highest BCUT2D eigenvalue weighted by molar-refractivity contribution is 7.99. The van der Waals surface area contributed by atoms with E-state index in [1.165, 1.54) is 5.56 Å². The van der Waals surface area contributed by atoms with Crippen LogP contribution in [-0.4, -0.2) is 47.0 Å². The number of pyridine rings is 1. The molecule has 0 aromatic carbocycles. The van der Waals surface area contributed by atoms with Crippen molar-refractivity contribution in [1.29, 1.82) is 0 Å². The fraction of sp³-hybridized carbons (Fsp3) is 0.389. The molecule has 25 heavy (non-hydrogen) atoms. The molecule has 5 nitrogen and oxygen atoms in total. The van der Waals surface area contributed by atoms with Crippen molar-refractivity contribution in [3.8, 4) is 0 Å². The van der Waals surface area contributed by atoms with Gasteiger partial charge in [0.25, 0.3) is 0 Å². The molecule has 1 saturated heterocycles. The minimum atomic E-state index is 0.738. The third kappa shape index (κ3) is 3.12. The van der Waals surface area contributed by atoms with E-state index in [1.807, 2.05) is 13.0 Å². The van der Waals surface area contributed by atoms with E-state index in [4.69, 9.17) is 19.7 Å². The third-order valence-corrected chi connectivity index (χ3v) is 6.13. The van der Waals surface area contributed by atoms with Crippen LogP contribution >= 0.6 is 23.1 Å². The second-order valence-electron chi connectivity index (χ2n) is 6.07. The highest BCUT2D eigenvalue weighted by Crippen LogP contribution is 2.39. The molecule has 0 radical (unpaired) electrons. The standard InChI is InChI=1S/C18H20N4OS2/c1-4-9-24-18-20-14-13-11(2)10-12(3)19-17(13)25-15(14)16(21-18)22-5-7-23-8-6-22/h4,10H,1,5-9H2,2-3H3. The second kappa shape index (κ2) is 6.90. The summed E-state index contributed by atoms with van der Waals surface area (Å²) in [6, 6.07) is 2.13. The summed E-state index contributed by atoms with van der Waals surface area (Å²) in [5.74, 6) is 1.81. The number of rotatable bonds is 4. The van der Waals surface area contributed by atoms with Crippen LogP contribution in [0.2, 0.25) is 0 Å². The number of thioether (sulfide) groups is 1. The third-order valence-electron chi connectivity index (χ3n) is 4.22. The first-order valence-corrected chi connectivity index (χ1v) is 10.1. The summed E-state index contributed by atoms with van der Waals surface area (Å²) in [6.45, 7) is 11.2. The Bertz CT molecular complexity index is 947. The minimum Gasteiger partial charge on any atom is -0.378 e. The lowest BCUT2D eigenvalue weighted by atomic mass is 10.1. The molecular weight excluding hydrogens is 352 g/mol. The van der Waals surface area contributed by atoms with Gasteiger partial charge in [0.2, 0.25) is 0 Å². The maximum absolute atomic E-state index is 5.51. The zero-order valence-corrected chi connectivity index (χ0v) is 16.0. The maximum atomic E-state index is 5.51. The van der Waals surface area contributed by atoms with Gasteiger partial charge in [0.1, 0.15) is 4.83 Å². The quantitative estimate of drug-likeness (QED) is 0.392. The highest BCUT2D eigenvalue weighted by Gasteiger charge is 2.22. The second-order valence-corrected chi connectivity index (χ2v) is 8.06. The number of aromatic nitrogens is 3. The summed E-state index contributed by atoms with van der Waals surface area (Å²) in [6.07, 6.45) is 1.88. The van der Waals surface area contributed by atoms with Gasteiger partial charge in [-0.1, -0.05) is 17.8 Å². The van der Waals surface area contributed by atoms with E-state index in [-0.39, 0.29) is 0 Å². The van der Waals surface area contributed by atoms with E-state index < -0.39 is 0 Å². The van der Waals surface area contributed by atoms with Crippen molar-refractivity contribution < 1.29 is 4.74 Å². The molecule has 3 aromatic heterocycles. The zero-order chi connectivity index (χ0) is 17.4. The van der Waals surface area contributed by atoms with Gasteiger partial charge >= 0.3 is 0 Å². The Morgan fingerprint density at radius 3 is 2.84 bits per heavy atom. The van der Waals surface area contributed by atoms with E-state index in [9.17, 15) is 0 Å². The Balaban J connectivity index is 1.97. The molecule has 0 spiro atoms. The van der Waals surface area contributed by atoms with Crippen LogP contribution in [0, 0.1) is 13.8 Å². The van der Waals surface area contributed by atoms with E-state index >= 15 is 0 Å².